The van der Waals surface area contributed by atoms with Crippen LogP contribution < -0.4 is 4.90 Å². The van der Waals surface area contributed by atoms with Gasteiger partial charge in [-0.05, 0) is 60.6 Å². The molecular weight excluding hydrogens is 310 g/mol. The Kier molecular flexibility index (Phi) is 4.53. The first-order chi connectivity index (χ1) is 12.2. The minimum absolute atomic E-state index is 0.754. The maximum Gasteiger partial charge on any atom is 0.150 e. The molecule has 4 heteroatoms. The fourth-order valence-corrected chi connectivity index (χ4v) is 3.54. The van der Waals surface area contributed by atoms with Gasteiger partial charge in [0.05, 0.1) is 0 Å². The summed E-state index contributed by atoms with van der Waals surface area (Å²) in [6, 6.07) is 10.2. The molecule has 2 aliphatic rings. The van der Waals surface area contributed by atoms with Gasteiger partial charge < -0.3 is 4.90 Å². The van der Waals surface area contributed by atoms with E-state index >= 15 is 0 Å². The third-order valence-electron chi connectivity index (χ3n) is 5.39. The van der Waals surface area contributed by atoms with Crippen LogP contribution in [0.1, 0.15) is 28.8 Å². The quantitative estimate of drug-likeness (QED) is 0.785. The molecule has 0 N–H and O–H groups in total. The lowest BCUT2D eigenvalue weighted by Crippen LogP contribution is -2.47. The molecule has 2 fully saturated rings. The number of carbonyl (C=O) groups excluding carboxylic acids is 1. The van der Waals surface area contributed by atoms with Crippen molar-refractivity contribution < 1.29 is 4.79 Å². The highest BCUT2D eigenvalue weighted by molar-refractivity contribution is 5.81. The molecule has 1 saturated heterocycles. The first-order valence-corrected chi connectivity index (χ1v) is 9.22. The topological polar surface area (TPSA) is 36.4 Å². The highest BCUT2D eigenvalue weighted by atomic mass is 16.1. The summed E-state index contributed by atoms with van der Waals surface area (Å²) in [5.41, 5.74) is 3.96. The van der Waals surface area contributed by atoms with E-state index in [1.54, 1.807) is 0 Å². The highest BCUT2D eigenvalue weighted by Crippen LogP contribution is 2.30. The van der Waals surface area contributed by atoms with Crippen LogP contribution in [0.4, 0.5) is 5.82 Å². The molecule has 0 amide bonds. The van der Waals surface area contributed by atoms with E-state index in [4.69, 9.17) is 0 Å². The molecule has 4 rings (SSSR count). The zero-order valence-electron chi connectivity index (χ0n) is 14.8. The lowest BCUT2D eigenvalue weighted by Gasteiger charge is -2.35. The van der Waals surface area contributed by atoms with Gasteiger partial charge in [0.25, 0.3) is 0 Å². The van der Waals surface area contributed by atoms with Crippen molar-refractivity contribution in [3.63, 3.8) is 0 Å². The molecule has 0 radical (unpaired) electrons. The number of pyridine rings is 1. The van der Waals surface area contributed by atoms with Gasteiger partial charge in [-0.3, -0.25) is 9.69 Å². The number of benzene rings is 1. The smallest absolute Gasteiger partial charge is 0.150 e. The van der Waals surface area contributed by atoms with Gasteiger partial charge in [-0.1, -0.05) is 12.1 Å². The van der Waals surface area contributed by atoms with E-state index in [1.807, 2.05) is 31.3 Å². The van der Waals surface area contributed by atoms with Crippen LogP contribution in [-0.4, -0.2) is 48.9 Å². The van der Waals surface area contributed by atoms with Crippen LogP contribution in [0.25, 0.3) is 11.1 Å². The third kappa shape index (κ3) is 3.74. The Hall–Kier alpha value is -2.20. The van der Waals surface area contributed by atoms with E-state index in [9.17, 15) is 4.79 Å². The molecule has 25 heavy (non-hydrogen) atoms. The molecule has 4 nitrogen and oxygen atoms in total. The van der Waals surface area contributed by atoms with Crippen LogP contribution in [0, 0.1) is 12.8 Å². The average molecular weight is 335 g/mol. The minimum Gasteiger partial charge on any atom is -0.354 e. The number of hydrogen-bond donors (Lipinski definition) is 0. The molecule has 0 spiro atoms. The maximum absolute atomic E-state index is 11.2. The number of hydrogen-bond acceptors (Lipinski definition) is 4. The van der Waals surface area contributed by atoms with E-state index in [0.29, 0.717) is 0 Å². The molecule has 1 aliphatic carbocycles. The number of aryl methyl sites for hydroxylation is 1. The van der Waals surface area contributed by atoms with Gasteiger partial charge in [0.15, 0.2) is 0 Å². The molecule has 2 aromatic rings. The van der Waals surface area contributed by atoms with Crippen molar-refractivity contribution in [2.75, 3.05) is 37.6 Å². The van der Waals surface area contributed by atoms with Gasteiger partial charge in [0.2, 0.25) is 0 Å². The van der Waals surface area contributed by atoms with Crippen LogP contribution in [0.3, 0.4) is 0 Å². The molecule has 1 saturated carbocycles. The molecule has 1 aromatic heterocycles. The third-order valence-corrected chi connectivity index (χ3v) is 5.39. The van der Waals surface area contributed by atoms with Crippen molar-refractivity contribution >= 4 is 12.1 Å². The summed E-state index contributed by atoms with van der Waals surface area (Å²) in [4.78, 5) is 20.8. The molecule has 1 aromatic carbocycles. The van der Waals surface area contributed by atoms with Crippen LogP contribution in [-0.2, 0) is 0 Å². The zero-order chi connectivity index (χ0) is 17.2. The van der Waals surface area contributed by atoms with Gasteiger partial charge in [-0.2, -0.15) is 0 Å². The van der Waals surface area contributed by atoms with Crippen LogP contribution in [0.5, 0.6) is 0 Å². The summed E-state index contributed by atoms with van der Waals surface area (Å²) in [7, 11) is 0. The second-order valence-electron chi connectivity index (χ2n) is 7.32. The molecule has 130 valence electrons. The van der Waals surface area contributed by atoms with Crippen molar-refractivity contribution in [2.45, 2.75) is 19.8 Å². The van der Waals surface area contributed by atoms with Crippen molar-refractivity contribution in [1.82, 2.24) is 9.88 Å². The lowest BCUT2D eigenvalue weighted by molar-refractivity contribution is 0.112. The fraction of sp³-hybridized carbons (Fsp3) is 0.429. The van der Waals surface area contributed by atoms with Gasteiger partial charge >= 0.3 is 0 Å². The van der Waals surface area contributed by atoms with Gasteiger partial charge in [0.1, 0.15) is 12.1 Å². The summed E-state index contributed by atoms with van der Waals surface area (Å²) in [6.07, 6.45) is 5.65. The fourth-order valence-electron chi connectivity index (χ4n) is 3.54. The Labute approximate surface area is 149 Å². The van der Waals surface area contributed by atoms with E-state index in [2.05, 4.69) is 26.9 Å². The Morgan fingerprint density at radius 3 is 2.56 bits per heavy atom. The predicted molar refractivity (Wildman–Crippen MR) is 101 cm³/mol. The number of piperazine rings is 1. The van der Waals surface area contributed by atoms with Crippen molar-refractivity contribution in [2.24, 2.45) is 5.92 Å². The SMILES string of the molecule is Cc1ccc(-c2ccnc(N3CCN(CC4CC4)CC3)c2)cc1C=O. The molecule has 1 aliphatic heterocycles. The number of nitrogens with zero attached hydrogens (tertiary/aromatic N) is 3. The largest absolute Gasteiger partial charge is 0.354 e. The monoisotopic (exact) mass is 335 g/mol. The Bertz CT molecular complexity index is 761. The van der Waals surface area contributed by atoms with E-state index in [-0.39, 0.29) is 0 Å². The lowest BCUT2D eigenvalue weighted by atomic mass is 10.0. The van der Waals surface area contributed by atoms with Gasteiger partial charge in [0, 0.05) is 44.5 Å². The van der Waals surface area contributed by atoms with E-state index in [0.717, 1.165) is 66.5 Å². The number of aromatic nitrogens is 1. The Morgan fingerprint density at radius 2 is 1.84 bits per heavy atom. The van der Waals surface area contributed by atoms with Crippen LogP contribution >= 0.6 is 0 Å². The first-order valence-electron chi connectivity index (χ1n) is 9.22. The summed E-state index contributed by atoms with van der Waals surface area (Å²) >= 11 is 0. The summed E-state index contributed by atoms with van der Waals surface area (Å²) < 4.78 is 0. The van der Waals surface area contributed by atoms with Crippen LogP contribution in [0.15, 0.2) is 36.5 Å². The normalized spacial score (nSPS) is 18.4. The summed E-state index contributed by atoms with van der Waals surface area (Å²) in [5, 5.41) is 0. The Balaban J connectivity index is 1.49. The molecule has 0 bridgehead atoms. The standard InChI is InChI=1S/C21H25N3O/c1-16-2-5-18(12-20(16)15-25)19-6-7-22-21(13-19)24-10-8-23(9-11-24)14-17-3-4-17/h2,5-7,12-13,15,17H,3-4,8-11,14H2,1H3. The number of anilines is 1. The maximum atomic E-state index is 11.2. The number of carbonyl (C=O) groups is 1. The van der Waals surface area contributed by atoms with E-state index < -0.39 is 0 Å². The Morgan fingerprint density at radius 1 is 1.08 bits per heavy atom. The first kappa shape index (κ1) is 16.3. The summed E-state index contributed by atoms with van der Waals surface area (Å²) in [6.45, 7) is 7.57. The van der Waals surface area contributed by atoms with Gasteiger partial charge in [-0.15, -0.1) is 0 Å². The number of aldehydes is 1. The number of rotatable bonds is 5. The van der Waals surface area contributed by atoms with Crippen molar-refractivity contribution in [3.8, 4) is 11.1 Å². The molecule has 0 unspecified atom stereocenters. The van der Waals surface area contributed by atoms with Crippen molar-refractivity contribution in [3.05, 3.63) is 47.7 Å². The minimum atomic E-state index is 0.754. The second-order valence-corrected chi connectivity index (χ2v) is 7.32. The van der Waals surface area contributed by atoms with Gasteiger partial charge in [-0.25, -0.2) is 4.98 Å². The second kappa shape index (κ2) is 6.96. The predicted octanol–water partition coefficient (Wildman–Crippen LogP) is 3.40. The zero-order valence-corrected chi connectivity index (χ0v) is 14.8. The van der Waals surface area contributed by atoms with Crippen LogP contribution in [0.2, 0.25) is 0 Å². The molecular formula is C21H25N3O. The van der Waals surface area contributed by atoms with Crippen molar-refractivity contribution in [1.29, 1.82) is 0 Å². The van der Waals surface area contributed by atoms with E-state index in [1.165, 1.54) is 19.4 Å². The molecule has 0 atom stereocenters. The highest BCUT2D eigenvalue weighted by Gasteiger charge is 2.26. The molecule has 2 heterocycles. The average Bonchev–Trinajstić information content (AvgIpc) is 3.47. The summed E-state index contributed by atoms with van der Waals surface area (Å²) in [5.74, 6) is 2.00.